The number of carbonyl (C=O) groups excluding carboxylic acids is 2. The molecule has 2 amide bonds. The Kier molecular flexibility index (Phi) is 6.04. The zero-order valence-corrected chi connectivity index (χ0v) is 18.2. The summed E-state index contributed by atoms with van der Waals surface area (Å²) in [6.07, 6.45) is 2.79. The predicted octanol–water partition coefficient (Wildman–Crippen LogP) is 4.56. The molecular weight excluding hydrogens is 396 g/mol. The first-order valence-electron chi connectivity index (χ1n) is 10.3. The molecule has 1 aliphatic rings. The number of hydrogen-bond donors (Lipinski definition) is 0. The third-order valence-electron chi connectivity index (χ3n) is 5.68. The zero-order valence-electron chi connectivity index (χ0n) is 17.3. The lowest BCUT2D eigenvalue weighted by Gasteiger charge is -2.38. The largest absolute Gasteiger partial charge is 0.467 e. The van der Waals surface area contributed by atoms with Gasteiger partial charge < -0.3 is 14.2 Å². The average molecular weight is 423 g/mol. The van der Waals surface area contributed by atoms with Gasteiger partial charge in [-0.1, -0.05) is 31.2 Å². The van der Waals surface area contributed by atoms with Gasteiger partial charge >= 0.3 is 0 Å². The van der Waals surface area contributed by atoms with Crippen molar-refractivity contribution >= 4 is 23.2 Å². The number of amides is 2. The van der Waals surface area contributed by atoms with Gasteiger partial charge in [-0.25, -0.2) is 0 Å². The van der Waals surface area contributed by atoms with Crippen LogP contribution in [0.1, 0.15) is 46.7 Å². The summed E-state index contributed by atoms with van der Waals surface area (Å²) in [6.45, 7) is 4.91. The van der Waals surface area contributed by atoms with Gasteiger partial charge in [0.2, 0.25) is 11.8 Å². The fourth-order valence-corrected chi connectivity index (χ4v) is 5.02. The second-order valence-electron chi connectivity index (χ2n) is 7.58. The summed E-state index contributed by atoms with van der Waals surface area (Å²) in [7, 11) is 0. The molecule has 0 unspecified atom stereocenters. The molecule has 0 saturated carbocycles. The van der Waals surface area contributed by atoms with Crippen LogP contribution in [0.15, 0.2) is 58.5 Å². The van der Waals surface area contributed by atoms with E-state index in [1.165, 1.54) is 10.4 Å². The molecule has 3 aromatic rings. The van der Waals surface area contributed by atoms with E-state index in [0.717, 1.165) is 17.5 Å². The van der Waals surface area contributed by atoms with Crippen LogP contribution in [0.25, 0.3) is 0 Å². The van der Waals surface area contributed by atoms with E-state index in [-0.39, 0.29) is 24.4 Å². The molecule has 1 aromatic carbocycles. The van der Waals surface area contributed by atoms with Crippen LogP contribution in [0, 0.1) is 6.92 Å². The van der Waals surface area contributed by atoms with Gasteiger partial charge in [-0.3, -0.25) is 9.59 Å². The van der Waals surface area contributed by atoms with E-state index >= 15 is 0 Å². The molecule has 0 bridgehead atoms. The van der Waals surface area contributed by atoms with Gasteiger partial charge in [0.15, 0.2) is 0 Å². The first-order chi connectivity index (χ1) is 14.6. The average Bonchev–Trinajstić information content (AvgIpc) is 3.44. The van der Waals surface area contributed by atoms with Crippen LogP contribution in [-0.4, -0.2) is 34.7 Å². The van der Waals surface area contributed by atoms with Crippen LogP contribution in [0.3, 0.4) is 0 Å². The van der Waals surface area contributed by atoms with Crippen molar-refractivity contribution in [1.82, 2.24) is 9.80 Å². The number of benzene rings is 1. The topological polar surface area (TPSA) is 53.8 Å². The number of nitrogens with zero attached hydrogens (tertiary/aromatic N) is 2. The fourth-order valence-electron chi connectivity index (χ4n) is 4.11. The minimum Gasteiger partial charge on any atom is -0.467 e. The van der Waals surface area contributed by atoms with Gasteiger partial charge in [-0.15, -0.1) is 11.3 Å². The van der Waals surface area contributed by atoms with Crippen molar-refractivity contribution in [3.05, 3.63) is 81.4 Å². The van der Waals surface area contributed by atoms with Crippen molar-refractivity contribution in [2.75, 3.05) is 13.1 Å². The van der Waals surface area contributed by atoms with Crippen LogP contribution in [0.4, 0.5) is 0 Å². The molecule has 3 heterocycles. The number of rotatable bonds is 6. The molecule has 0 radical (unpaired) electrons. The van der Waals surface area contributed by atoms with E-state index in [0.29, 0.717) is 25.3 Å². The molecule has 30 heavy (non-hydrogen) atoms. The summed E-state index contributed by atoms with van der Waals surface area (Å²) in [4.78, 5) is 30.9. The van der Waals surface area contributed by atoms with Crippen molar-refractivity contribution in [3.63, 3.8) is 0 Å². The first-order valence-corrected chi connectivity index (χ1v) is 11.2. The highest BCUT2D eigenvalue weighted by Crippen LogP contribution is 2.39. The van der Waals surface area contributed by atoms with E-state index in [1.54, 1.807) is 28.6 Å². The van der Waals surface area contributed by atoms with E-state index in [2.05, 4.69) is 30.5 Å². The zero-order chi connectivity index (χ0) is 21.1. The van der Waals surface area contributed by atoms with Crippen LogP contribution in [0.2, 0.25) is 0 Å². The lowest BCUT2D eigenvalue weighted by molar-refractivity contribution is -0.142. The number of carbonyl (C=O) groups is 2. The van der Waals surface area contributed by atoms with Crippen LogP contribution in [0.5, 0.6) is 0 Å². The van der Waals surface area contributed by atoms with Gasteiger partial charge in [0.05, 0.1) is 18.8 Å². The molecule has 0 fully saturated rings. The Morgan fingerprint density at radius 1 is 1.17 bits per heavy atom. The second-order valence-corrected chi connectivity index (χ2v) is 8.58. The monoisotopic (exact) mass is 422 g/mol. The Morgan fingerprint density at radius 2 is 2.00 bits per heavy atom. The minimum atomic E-state index is -0.115. The predicted molar refractivity (Wildman–Crippen MR) is 117 cm³/mol. The van der Waals surface area contributed by atoms with Crippen molar-refractivity contribution < 1.29 is 14.0 Å². The van der Waals surface area contributed by atoms with Crippen LogP contribution < -0.4 is 0 Å². The number of hydrogen-bond acceptors (Lipinski definition) is 4. The molecule has 2 aromatic heterocycles. The number of furan rings is 1. The third kappa shape index (κ3) is 4.05. The van der Waals surface area contributed by atoms with E-state index in [9.17, 15) is 9.59 Å². The molecule has 6 heteroatoms. The molecular formula is C24H26N2O3S. The molecule has 5 nitrogen and oxygen atoms in total. The summed E-state index contributed by atoms with van der Waals surface area (Å²) in [5.74, 6) is 0.590. The van der Waals surface area contributed by atoms with Gasteiger partial charge in [0.25, 0.3) is 0 Å². The van der Waals surface area contributed by atoms with Crippen LogP contribution >= 0.6 is 11.3 Å². The minimum absolute atomic E-state index is 0.0338. The highest BCUT2D eigenvalue weighted by Gasteiger charge is 2.34. The highest BCUT2D eigenvalue weighted by molar-refractivity contribution is 7.10. The third-order valence-corrected chi connectivity index (χ3v) is 6.67. The molecule has 4 rings (SSSR count). The normalized spacial score (nSPS) is 15.7. The molecule has 0 aliphatic carbocycles. The Hall–Kier alpha value is -2.86. The first kappa shape index (κ1) is 20.4. The van der Waals surface area contributed by atoms with Gasteiger partial charge in [0.1, 0.15) is 12.3 Å². The van der Waals surface area contributed by atoms with Gasteiger partial charge in [0, 0.05) is 17.8 Å². The molecule has 1 aliphatic heterocycles. The SMILES string of the molecule is CCC(=O)N(CC(=O)N1CCc2sccc2[C@@H]1c1ccccc1C)Cc1ccco1. The Morgan fingerprint density at radius 3 is 2.73 bits per heavy atom. The second kappa shape index (κ2) is 8.88. The Labute approximate surface area is 180 Å². The number of thiophene rings is 1. The van der Waals surface area contributed by atoms with Crippen LogP contribution in [-0.2, 0) is 22.6 Å². The summed E-state index contributed by atoms with van der Waals surface area (Å²) < 4.78 is 5.41. The smallest absolute Gasteiger partial charge is 0.243 e. The van der Waals surface area contributed by atoms with E-state index in [1.807, 2.05) is 30.0 Å². The van der Waals surface area contributed by atoms with E-state index in [4.69, 9.17) is 4.42 Å². The number of fused-ring (bicyclic) bond motifs is 1. The summed E-state index contributed by atoms with van der Waals surface area (Å²) in [5, 5.41) is 2.10. The molecule has 0 saturated heterocycles. The summed E-state index contributed by atoms with van der Waals surface area (Å²) in [6, 6.07) is 13.9. The maximum Gasteiger partial charge on any atom is 0.243 e. The molecule has 0 N–H and O–H groups in total. The fraction of sp³-hybridized carbons (Fsp3) is 0.333. The molecule has 156 valence electrons. The molecule has 0 spiro atoms. The Balaban J connectivity index is 1.62. The maximum absolute atomic E-state index is 13.5. The summed E-state index contributed by atoms with van der Waals surface area (Å²) >= 11 is 1.75. The lowest BCUT2D eigenvalue weighted by atomic mass is 9.90. The van der Waals surface area contributed by atoms with Crippen molar-refractivity contribution in [2.45, 2.75) is 39.3 Å². The highest BCUT2D eigenvalue weighted by atomic mass is 32.1. The molecule has 1 atom stereocenters. The van der Waals surface area contributed by atoms with E-state index < -0.39 is 0 Å². The van der Waals surface area contributed by atoms with Gasteiger partial charge in [-0.05, 0) is 53.6 Å². The number of aryl methyl sites for hydroxylation is 1. The summed E-state index contributed by atoms with van der Waals surface area (Å²) in [5.41, 5.74) is 3.51. The quantitative estimate of drug-likeness (QED) is 0.585. The lowest BCUT2D eigenvalue weighted by Crippen LogP contribution is -2.46. The van der Waals surface area contributed by atoms with Crippen molar-refractivity contribution in [1.29, 1.82) is 0 Å². The Bertz CT molecular complexity index is 1020. The van der Waals surface area contributed by atoms with Crippen molar-refractivity contribution in [3.8, 4) is 0 Å². The van der Waals surface area contributed by atoms with Crippen molar-refractivity contribution in [2.24, 2.45) is 0 Å². The maximum atomic E-state index is 13.5. The van der Waals surface area contributed by atoms with Gasteiger partial charge in [-0.2, -0.15) is 0 Å². The standard InChI is InChI=1S/C24H26N2O3S/c1-3-22(27)25(15-18-8-6-13-29-18)16-23(28)26-12-10-21-20(11-14-30-21)24(26)19-9-5-4-7-17(19)2/h4-9,11,13-14,24H,3,10,12,15-16H2,1-2H3/t24-/m0/s1.